The summed E-state index contributed by atoms with van der Waals surface area (Å²) in [5.41, 5.74) is 4.49. The molecule has 0 saturated heterocycles. The molecule has 0 bridgehead atoms. The van der Waals surface area contributed by atoms with Crippen molar-refractivity contribution in [2.45, 2.75) is 45.4 Å². The van der Waals surface area contributed by atoms with Crippen LogP contribution in [0, 0.1) is 3.70 Å². The van der Waals surface area contributed by atoms with Crippen molar-refractivity contribution in [3.05, 3.63) is 15.7 Å². The fraction of sp³-hybridized carbons (Fsp3) is 0.667. The van der Waals surface area contributed by atoms with Crippen molar-refractivity contribution in [1.82, 2.24) is 9.55 Å². The number of ether oxygens (including phenoxy) is 2. The molecule has 1 aromatic rings. The van der Waals surface area contributed by atoms with Crippen molar-refractivity contribution in [2.75, 3.05) is 7.11 Å². The molecule has 0 aliphatic rings. The van der Waals surface area contributed by atoms with Crippen LogP contribution in [0.25, 0.3) is 0 Å². The number of hydrogen-bond donors (Lipinski definition) is 1. The van der Waals surface area contributed by atoms with E-state index >= 15 is 0 Å². The minimum atomic E-state index is -0.734. The number of nitrogens with two attached hydrogens (primary N) is 1. The second-order valence-corrected chi connectivity index (χ2v) is 6.00. The standard InChI is InChI=1S/C12H20IN3O3/c1-12(2,19-11(14)17)5-4-6-16-7-9(13)15-10(16)8-18-3/h7H,4-6,8H2,1-3H3,(H2,14,17). The normalized spacial score (nSPS) is 11.6. The summed E-state index contributed by atoms with van der Waals surface area (Å²) < 4.78 is 13.2. The van der Waals surface area contributed by atoms with Crippen molar-refractivity contribution in [1.29, 1.82) is 0 Å². The van der Waals surface area contributed by atoms with Gasteiger partial charge in [0, 0.05) is 19.9 Å². The molecule has 0 unspecified atom stereocenters. The predicted molar refractivity (Wildman–Crippen MR) is 79.6 cm³/mol. The number of hydrogen-bond acceptors (Lipinski definition) is 4. The maximum atomic E-state index is 10.8. The zero-order chi connectivity index (χ0) is 14.5. The average Bonchev–Trinajstić information content (AvgIpc) is 2.57. The largest absolute Gasteiger partial charge is 0.444 e. The molecule has 1 amide bonds. The molecule has 1 aromatic heterocycles. The number of carbonyl (C=O) groups is 1. The third-order valence-corrected chi connectivity index (χ3v) is 3.18. The van der Waals surface area contributed by atoms with Crippen LogP contribution in [0.3, 0.4) is 0 Å². The minimum Gasteiger partial charge on any atom is -0.444 e. The topological polar surface area (TPSA) is 79.4 Å². The predicted octanol–water partition coefficient (Wildman–Crippen LogP) is 2.29. The molecule has 0 aromatic carbocycles. The monoisotopic (exact) mass is 381 g/mol. The van der Waals surface area contributed by atoms with Crippen LogP contribution in [0.4, 0.5) is 4.79 Å². The molecular formula is C12H20IN3O3. The second-order valence-electron chi connectivity index (χ2n) is 4.89. The summed E-state index contributed by atoms with van der Waals surface area (Å²) in [5, 5.41) is 0. The van der Waals surface area contributed by atoms with E-state index in [1.54, 1.807) is 7.11 Å². The number of aryl methyl sites for hydroxylation is 1. The zero-order valence-electron chi connectivity index (χ0n) is 11.5. The fourth-order valence-electron chi connectivity index (χ4n) is 1.86. The van der Waals surface area contributed by atoms with Crippen LogP contribution in [0.1, 0.15) is 32.5 Å². The Kier molecular flexibility index (Phi) is 6.05. The molecule has 0 spiro atoms. The van der Waals surface area contributed by atoms with E-state index in [2.05, 4.69) is 32.1 Å². The Bertz CT molecular complexity index is 432. The maximum absolute atomic E-state index is 10.8. The summed E-state index contributed by atoms with van der Waals surface area (Å²) in [5.74, 6) is 0.903. The third kappa shape index (κ3) is 5.77. The summed E-state index contributed by atoms with van der Waals surface area (Å²) in [7, 11) is 1.65. The van der Waals surface area contributed by atoms with Crippen LogP contribution in [0.15, 0.2) is 6.20 Å². The van der Waals surface area contributed by atoms with Crippen LogP contribution in [-0.4, -0.2) is 28.4 Å². The first-order valence-electron chi connectivity index (χ1n) is 6.03. The Morgan fingerprint density at radius 2 is 2.26 bits per heavy atom. The number of methoxy groups -OCH3 is 1. The first-order valence-corrected chi connectivity index (χ1v) is 7.11. The van der Waals surface area contributed by atoms with Gasteiger partial charge in [0.1, 0.15) is 21.7 Å². The van der Waals surface area contributed by atoms with Crippen molar-refractivity contribution in [2.24, 2.45) is 5.73 Å². The fourth-order valence-corrected chi connectivity index (χ4v) is 2.47. The van der Waals surface area contributed by atoms with E-state index in [0.717, 1.165) is 28.9 Å². The molecule has 1 heterocycles. The quantitative estimate of drug-likeness (QED) is 0.735. The highest BCUT2D eigenvalue weighted by molar-refractivity contribution is 14.1. The van der Waals surface area contributed by atoms with Crippen LogP contribution in [0.2, 0.25) is 0 Å². The van der Waals surface area contributed by atoms with E-state index in [-0.39, 0.29) is 0 Å². The number of imidazole rings is 1. The summed E-state index contributed by atoms with van der Waals surface area (Å²) in [4.78, 5) is 15.1. The van der Waals surface area contributed by atoms with Gasteiger partial charge in [0.2, 0.25) is 0 Å². The van der Waals surface area contributed by atoms with Gasteiger partial charge in [-0.05, 0) is 49.3 Å². The van der Waals surface area contributed by atoms with Gasteiger partial charge >= 0.3 is 6.09 Å². The first kappa shape index (κ1) is 16.2. The Morgan fingerprint density at radius 1 is 1.58 bits per heavy atom. The van der Waals surface area contributed by atoms with E-state index in [9.17, 15) is 4.79 Å². The van der Waals surface area contributed by atoms with Crippen LogP contribution < -0.4 is 5.73 Å². The lowest BCUT2D eigenvalue weighted by Crippen LogP contribution is -2.31. The maximum Gasteiger partial charge on any atom is 0.405 e. The Balaban J connectivity index is 2.50. The summed E-state index contributed by atoms with van der Waals surface area (Å²) in [6.45, 7) is 5.00. The van der Waals surface area contributed by atoms with Gasteiger partial charge in [-0.1, -0.05) is 0 Å². The molecular weight excluding hydrogens is 361 g/mol. The summed E-state index contributed by atoms with van der Waals surface area (Å²) in [6.07, 6.45) is 2.85. The minimum absolute atomic E-state index is 0.490. The van der Waals surface area contributed by atoms with E-state index in [0.29, 0.717) is 6.61 Å². The third-order valence-electron chi connectivity index (χ3n) is 2.66. The molecule has 6 nitrogen and oxygen atoms in total. The Hall–Kier alpha value is -0.830. The zero-order valence-corrected chi connectivity index (χ0v) is 13.6. The number of amides is 1. The molecule has 0 atom stereocenters. The lowest BCUT2D eigenvalue weighted by atomic mass is 10.0. The van der Waals surface area contributed by atoms with Gasteiger partial charge in [-0.2, -0.15) is 0 Å². The molecule has 7 heteroatoms. The number of carbonyl (C=O) groups excluding carboxylic acids is 1. The van der Waals surface area contributed by atoms with Gasteiger partial charge in [0.15, 0.2) is 0 Å². The van der Waals surface area contributed by atoms with Gasteiger partial charge in [0.25, 0.3) is 0 Å². The van der Waals surface area contributed by atoms with Gasteiger partial charge in [-0.3, -0.25) is 0 Å². The van der Waals surface area contributed by atoms with Crippen molar-refractivity contribution in [3.63, 3.8) is 0 Å². The van der Waals surface area contributed by atoms with Gasteiger partial charge in [0.05, 0.1) is 0 Å². The highest BCUT2D eigenvalue weighted by atomic mass is 127. The molecule has 0 aliphatic heterocycles. The van der Waals surface area contributed by atoms with E-state index in [1.807, 2.05) is 20.0 Å². The van der Waals surface area contributed by atoms with E-state index in [1.165, 1.54) is 0 Å². The molecule has 2 N–H and O–H groups in total. The van der Waals surface area contributed by atoms with Gasteiger partial charge in [-0.25, -0.2) is 9.78 Å². The Labute approximate surface area is 126 Å². The Morgan fingerprint density at radius 3 is 2.84 bits per heavy atom. The van der Waals surface area contributed by atoms with Crippen molar-refractivity contribution >= 4 is 28.7 Å². The number of halogens is 1. The lowest BCUT2D eigenvalue weighted by molar-refractivity contribution is 0.0367. The van der Waals surface area contributed by atoms with Crippen LogP contribution in [-0.2, 0) is 22.6 Å². The highest BCUT2D eigenvalue weighted by Gasteiger charge is 2.21. The van der Waals surface area contributed by atoms with Crippen LogP contribution >= 0.6 is 22.6 Å². The SMILES string of the molecule is COCc1nc(I)cn1CCCC(C)(C)OC(N)=O. The smallest absolute Gasteiger partial charge is 0.405 e. The van der Waals surface area contributed by atoms with Gasteiger partial charge < -0.3 is 19.8 Å². The van der Waals surface area contributed by atoms with E-state index in [4.69, 9.17) is 15.2 Å². The van der Waals surface area contributed by atoms with Gasteiger partial charge in [-0.15, -0.1) is 0 Å². The summed E-state index contributed by atoms with van der Waals surface area (Å²) >= 11 is 2.18. The van der Waals surface area contributed by atoms with Crippen molar-refractivity contribution in [3.8, 4) is 0 Å². The molecule has 108 valence electrons. The average molecular weight is 381 g/mol. The molecule has 0 saturated carbocycles. The highest BCUT2D eigenvalue weighted by Crippen LogP contribution is 2.18. The van der Waals surface area contributed by atoms with E-state index < -0.39 is 11.7 Å². The van der Waals surface area contributed by atoms with Crippen LogP contribution in [0.5, 0.6) is 0 Å². The second kappa shape index (κ2) is 7.09. The molecule has 19 heavy (non-hydrogen) atoms. The molecule has 0 radical (unpaired) electrons. The molecule has 0 fully saturated rings. The molecule has 0 aliphatic carbocycles. The molecule has 1 rings (SSSR count). The number of rotatable bonds is 7. The van der Waals surface area contributed by atoms with Crippen molar-refractivity contribution < 1.29 is 14.3 Å². The number of aromatic nitrogens is 2. The number of primary amides is 1. The number of nitrogens with zero attached hydrogens (tertiary/aromatic N) is 2. The first-order chi connectivity index (χ1) is 8.84. The summed E-state index contributed by atoms with van der Waals surface area (Å²) in [6, 6.07) is 0. The lowest BCUT2D eigenvalue weighted by Gasteiger charge is -2.24.